The highest BCUT2D eigenvalue weighted by molar-refractivity contribution is 9.11. The van der Waals surface area contributed by atoms with Crippen LogP contribution >= 0.6 is 31.9 Å². The summed E-state index contributed by atoms with van der Waals surface area (Å²) in [5.41, 5.74) is 2.02. The summed E-state index contributed by atoms with van der Waals surface area (Å²) in [5, 5.41) is 7.60. The average Bonchev–Trinajstić information content (AvgIpc) is 2.68. The van der Waals surface area contributed by atoms with E-state index in [0.717, 1.165) is 26.9 Å². The molecular formula is C11H12Br2N4. The molecule has 0 atom stereocenters. The predicted molar refractivity (Wildman–Crippen MR) is 73.4 cm³/mol. The molecule has 6 heteroatoms. The van der Waals surface area contributed by atoms with Gasteiger partial charge >= 0.3 is 0 Å². The highest BCUT2D eigenvalue weighted by atomic mass is 79.9. The van der Waals surface area contributed by atoms with Crippen molar-refractivity contribution < 1.29 is 0 Å². The number of pyridine rings is 1. The topological polar surface area (TPSA) is 42.7 Å². The quantitative estimate of drug-likeness (QED) is 0.912. The number of hydrogen-bond donors (Lipinski definition) is 1. The van der Waals surface area contributed by atoms with Crippen molar-refractivity contribution in [2.45, 2.75) is 13.1 Å². The second kappa shape index (κ2) is 5.75. The van der Waals surface area contributed by atoms with Gasteiger partial charge < -0.3 is 5.32 Å². The standard InChI is InChI=1S/C11H12Br2N4/c1-17-3-2-9(16-17)6-14-7-11-10(13)4-8(12)5-15-11/h2-5,14H,6-7H2,1H3. The van der Waals surface area contributed by atoms with E-state index >= 15 is 0 Å². The Morgan fingerprint density at radius 2 is 2.18 bits per heavy atom. The van der Waals surface area contributed by atoms with Gasteiger partial charge in [-0.25, -0.2) is 0 Å². The molecule has 2 aromatic heterocycles. The summed E-state index contributed by atoms with van der Waals surface area (Å²) < 4.78 is 3.77. The molecule has 0 aliphatic heterocycles. The SMILES string of the molecule is Cn1ccc(CNCc2ncc(Br)cc2Br)n1. The Balaban J connectivity index is 1.90. The summed E-state index contributed by atoms with van der Waals surface area (Å²) in [7, 11) is 1.91. The van der Waals surface area contributed by atoms with E-state index in [9.17, 15) is 0 Å². The molecule has 0 bridgehead atoms. The largest absolute Gasteiger partial charge is 0.305 e. The van der Waals surface area contributed by atoms with E-state index in [2.05, 4.69) is 47.3 Å². The Morgan fingerprint density at radius 3 is 2.82 bits per heavy atom. The summed E-state index contributed by atoms with van der Waals surface area (Å²) in [6.07, 6.45) is 3.73. The second-order valence-corrected chi connectivity index (χ2v) is 5.44. The molecule has 0 unspecified atom stereocenters. The van der Waals surface area contributed by atoms with Crippen LogP contribution in [0.3, 0.4) is 0 Å². The van der Waals surface area contributed by atoms with Crippen LogP contribution in [0.25, 0.3) is 0 Å². The van der Waals surface area contributed by atoms with Crippen LogP contribution in [0.1, 0.15) is 11.4 Å². The van der Waals surface area contributed by atoms with Crippen LogP contribution in [0.5, 0.6) is 0 Å². The Bertz CT molecular complexity index is 510. The molecule has 0 radical (unpaired) electrons. The van der Waals surface area contributed by atoms with Crippen LogP contribution in [-0.4, -0.2) is 14.8 Å². The van der Waals surface area contributed by atoms with Crippen LogP contribution in [0.15, 0.2) is 33.5 Å². The molecule has 0 aliphatic rings. The molecule has 2 rings (SSSR count). The molecule has 0 fully saturated rings. The molecule has 0 spiro atoms. The van der Waals surface area contributed by atoms with Crippen LogP contribution in [-0.2, 0) is 20.1 Å². The normalized spacial score (nSPS) is 10.8. The van der Waals surface area contributed by atoms with E-state index in [1.165, 1.54) is 0 Å². The van der Waals surface area contributed by atoms with E-state index in [1.54, 1.807) is 10.9 Å². The van der Waals surface area contributed by atoms with Gasteiger partial charge in [-0.2, -0.15) is 5.10 Å². The Hall–Kier alpha value is -0.720. The van der Waals surface area contributed by atoms with Gasteiger partial charge in [-0.05, 0) is 44.0 Å². The summed E-state index contributed by atoms with van der Waals surface area (Å²) in [6.45, 7) is 1.45. The Labute approximate surface area is 117 Å². The number of nitrogens with zero attached hydrogens (tertiary/aromatic N) is 3. The highest BCUT2D eigenvalue weighted by Crippen LogP contribution is 2.19. The third-order valence-electron chi connectivity index (χ3n) is 2.25. The summed E-state index contributed by atoms with van der Waals surface area (Å²) in [5.74, 6) is 0. The molecule has 4 nitrogen and oxygen atoms in total. The summed E-state index contributed by atoms with van der Waals surface area (Å²) in [4.78, 5) is 4.33. The van der Waals surface area contributed by atoms with Gasteiger partial charge in [0.25, 0.3) is 0 Å². The summed E-state index contributed by atoms with van der Waals surface area (Å²) >= 11 is 6.86. The van der Waals surface area contributed by atoms with Crippen molar-refractivity contribution in [3.8, 4) is 0 Å². The van der Waals surface area contributed by atoms with Crippen molar-refractivity contribution >= 4 is 31.9 Å². The lowest BCUT2D eigenvalue weighted by Gasteiger charge is -2.05. The van der Waals surface area contributed by atoms with Crippen molar-refractivity contribution in [2.24, 2.45) is 7.05 Å². The zero-order valence-corrected chi connectivity index (χ0v) is 12.5. The van der Waals surface area contributed by atoms with E-state index in [4.69, 9.17) is 0 Å². The van der Waals surface area contributed by atoms with Crippen LogP contribution in [0.2, 0.25) is 0 Å². The first kappa shape index (κ1) is 12.7. The molecule has 2 aromatic rings. The van der Waals surface area contributed by atoms with Crippen LogP contribution in [0.4, 0.5) is 0 Å². The Morgan fingerprint density at radius 1 is 1.35 bits per heavy atom. The molecule has 2 heterocycles. The predicted octanol–water partition coefficient (Wildman–Crippen LogP) is 2.63. The number of hydrogen-bond acceptors (Lipinski definition) is 3. The zero-order valence-electron chi connectivity index (χ0n) is 9.32. The van der Waals surface area contributed by atoms with Gasteiger partial charge in [-0.3, -0.25) is 9.67 Å². The van der Waals surface area contributed by atoms with Gasteiger partial charge in [0.15, 0.2) is 0 Å². The minimum absolute atomic E-state index is 0.713. The van der Waals surface area contributed by atoms with E-state index in [0.29, 0.717) is 6.54 Å². The lowest BCUT2D eigenvalue weighted by Crippen LogP contribution is -2.14. The Kier molecular flexibility index (Phi) is 4.31. The zero-order chi connectivity index (χ0) is 12.3. The molecule has 0 saturated carbocycles. The van der Waals surface area contributed by atoms with Crippen molar-refractivity contribution in [1.29, 1.82) is 0 Å². The molecule has 1 N–H and O–H groups in total. The van der Waals surface area contributed by atoms with E-state index in [1.807, 2.05) is 25.4 Å². The van der Waals surface area contributed by atoms with E-state index < -0.39 is 0 Å². The molecule has 0 aromatic carbocycles. The molecule has 17 heavy (non-hydrogen) atoms. The maximum atomic E-state index is 4.33. The molecular weight excluding hydrogens is 348 g/mol. The number of rotatable bonds is 4. The fraction of sp³-hybridized carbons (Fsp3) is 0.273. The first-order valence-corrected chi connectivity index (χ1v) is 6.73. The lowest BCUT2D eigenvalue weighted by atomic mass is 10.3. The highest BCUT2D eigenvalue weighted by Gasteiger charge is 2.02. The second-order valence-electron chi connectivity index (χ2n) is 3.67. The number of aryl methyl sites for hydroxylation is 1. The van der Waals surface area contributed by atoms with Gasteiger partial charge in [-0.1, -0.05) is 0 Å². The van der Waals surface area contributed by atoms with E-state index in [-0.39, 0.29) is 0 Å². The molecule has 0 amide bonds. The first-order valence-electron chi connectivity index (χ1n) is 5.14. The van der Waals surface area contributed by atoms with Crippen molar-refractivity contribution in [3.05, 3.63) is 44.9 Å². The van der Waals surface area contributed by atoms with Gasteiger partial charge in [0.05, 0.1) is 11.4 Å². The van der Waals surface area contributed by atoms with Crippen LogP contribution < -0.4 is 5.32 Å². The fourth-order valence-electron chi connectivity index (χ4n) is 1.44. The number of aromatic nitrogens is 3. The van der Waals surface area contributed by atoms with Gasteiger partial charge in [0, 0.05) is 41.5 Å². The summed E-state index contributed by atoms with van der Waals surface area (Å²) in [6, 6.07) is 3.99. The fourth-order valence-corrected chi connectivity index (χ4v) is 2.57. The third-order valence-corrected chi connectivity index (χ3v) is 3.37. The maximum absolute atomic E-state index is 4.33. The van der Waals surface area contributed by atoms with Gasteiger partial charge in [0.1, 0.15) is 0 Å². The van der Waals surface area contributed by atoms with Crippen molar-refractivity contribution in [3.63, 3.8) is 0 Å². The molecule has 0 aliphatic carbocycles. The van der Waals surface area contributed by atoms with Crippen LogP contribution in [0, 0.1) is 0 Å². The number of nitrogens with one attached hydrogen (secondary N) is 1. The minimum Gasteiger partial charge on any atom is -0.305 e. The molecule has 90 valence electrons. The average molecular weight is 360 g/mol. The van der Waals surface area contributed by atoms with Crippen molar-refractivity contribution in [1.82, 2.24) is 20.1 Å². The monoisotopic (exact) mass is 358 g/mol. The number of halogens is 2. The first-order chi connectivity index (χ1) is 8.15. The minimum atomic E-state index is 0.713. The van der Waals surface area contributed by atoms with Gasteiger partial charge in [0.2, 0.25) is 0 Å². The van der Waals surface area contributed by atoms with Crippen molar-refractivity contribution in [2.75, 3.05) is 0 Å². The molecule has 0 saturated heterocycles. The smallest absolute Gasteiger partial charge is 0.0762 e. The lowest BCUT2D eigenvalue weighted by molar-refractivity contribution is 0.646. The maximum Gasteiger partial charge on any atom is 0.0762 e. The van der Waals surface area contributed by atoms with Gasteiger partial charge in [-0.15, -0.1) is 0 Å². The third kappa shape index (κ3) is 3.62.